The number of rotatable bonds is 4. The molecule has 1 heterocycles. The Balaban J connectivity index is 1.85. The number of amides is 1. The van der Waals surface area contributed by atoms with Crippen LogP contribution in [0, 0.1) is 0 Å². The van der Waals surface area contributed by atoms with E-state index in [4.69, 9.17) is 9.47 Å². The van der Waals surface area contributed by atoms with E-state index in [1.807, 2.05) is 56.3 Å². The molecular weight excluding hydrogens is 290 g/mol. The molecule has 1 N–H and O–H groups in total. The van der Waals surface area contributed by atoms with Crippen LogP contribution < -0.4 is 14.8 Å². The fourth-order valence-electron chi connectivity index (χ4n) is 2.65. The lowest BCUT2D eigenvalue weighted by atomic mass is 9.83. The number of ether oxygens (including phenoxy) is 2. The first kappa shape index (κ1) is 15.4. The lowest BCUT2D eigenvalue weighted by Gasteiger charge is -2.25. The van der Waals surface area contributed by atoms with E-state index in [9.17, 15) is 4.79 Å². The van der Waals surface area contributed by atoms with Crippen LogP contribution in [0.15, 0.2) is 42.5 Å². The van der Waals surface area contributed by atoms with Crippen LogP contribution >= 0.6 is 0 Å². The van der Waals surface area contributed by atoms with Gasteiger partial charge in [-0.1, -0.05) is 31.2 Å². The summed E-state index contributed by atoms with van der Waals surface area (Å²) in [5.74, 6) is 1.37. The summed E-state index contributed by atoms with van der Waals surface area (Å²) in [7, 11) is 0. The summed E-state index contributed by atoms with van der Waals surface area (Å²) < 4.78 is 10.7. The second-order valence-corrected chi connectivity index (χ2v) is 6.16. The first-order valence-electron chi connectivity index (χ1n) is 7.82. The summed E-state index contributed by atoms with van der Waals surface area (Å²) in [5.41, 5.74) is 2.21. The lowest BCUT2D eigenvalue weighted by Crippen LogP contribution is -2.35. The molecule has 0 atom stereocenters. The van der Waals surface area contributed by atoms with Gasteiger partial charge >= 0.3 is 0 Å². The van der Waals surface area contributed by atoms with Gasteiger partial charge in [0.2, 0.25) is 12.7 Å². The van der Waals surface area contributed by atoms with Crippen LogP contribution in [0.4, 0.5) is 5.69 Å². The number of nitrogens with one attached hydrogen (secondary N) is 1. The second-order valence-electron chi connectivity index (χ2n) is 6.16. The number of anilines is 1. The molecule has 3 rings (SSSR count). The van der Waals surface area contributed by atoms with Crippen LogP contribution in [-0.4, -0.2) is 12.7 Å². The van der Waals surface area contributed by atoms with Crippen LogP contribution in [0.5, 0.6) is 11.5 Å². The fraction of sp³-hybridized carbons (Fsp3) is 0.316. The van der Waals surface area contributed by atoms with Crippen molar-refractivity contribution >= 4 is 11.6 Å². The van der Waals surface area contributed by atoms with E-state index < -0.39 is 5.41 Å². The van der Waals surface area contributed by atoms with Gasteiger partial charge in [-0.2, -0.15) is 0 Å². The van der Waals surface area contributed by atoms with Gasteiger partial charge < -0.3 is 14.8 Å². The normalized spacial score (nSPS) is 13.0. The maximum absolute atomic E-state index is 12.8. The lowest BCUT2D eigenvalue weighted by molar-refractivity contribution is -0.120. The maximum Gasteiger partial charge on any atom is 0.234 e. The third-order valence-corrected chi connectivity index (χ3v) is 4.31. The molecule has 0 aliphatic carbocycles. The largest absolute Gasteiger partial charge is 0.454 e. The van der Waals surface area contributed by atoms with Gasteiger partial charge in [0.1, 0.15) is 0 Å². The third kappa shape index (κ3) is 2.89. The van der Waals surface area contributed by atoms with Gasteiger partial charge in [-0.15, -0.1) is 0 Å². The highest BCUT2D eigenvalue weighted by Crippen LogP contribution is 2.37. The van der Waals surface area contributed by atoms with Crippen LogP contribution in [0.25, 0.3) is 0 Å². The molecule has 0 bridgehead atoms. The van der Waals surface area contributed by atoms with Crippen LogP contribution in [-0.2, 0) is 16.6 Å². The number of benzene rings is 2. The second kappa shape index (κ2) is 5.95. The molecule has 4 heteroatoms. The Labute approximate surface area is 136 Å². The minimum atomic E-state index is -0.679. The van der Waals surface area contributed by atoms with Gasteiger partial charge in [0.15, 0.2) is 11.5 Å². The van der Waals surface area contributed by atoms with Gasteiger partial charge in [0.05, 0.1) is 5.41 Å². The molecule has 4 nitrogen and oxygen atoms in total. The highest BCUT2D eigenvalue weighted by Gasteiger charge is 2.31. The van der Waals surface area contributed by atoms with Crippen molar-refractivity contribution in [2.75, 3.05) is 12.1 Å². The zero-order valence-electron chi connectivity index (χ0n) is 13.7. The summed E-state index contributed by atoms with van der Waals surface area (Å²) in [6, 6.07) is 13.5. The van der Waals surface area contributed by atoms with Crippen molar-refractivity contribution in [3.63, 3.8) is 0 Å². The monoisotopic (exact) mass is 311 g/mol. The van der Waals surface area contributed by atoms with Crippen molar-refractivity contribution in [1.29, 1.82) is 0 Å². The number of para-hydroxylation sites is 1. The zero-order chi connectivity index (χ0) is 16.4. The van der Waals surface area contributed by atoms with Crippen molar-refractivity contribution in [3.05, 3.63) is 53.6 Å². The van der Waals surface area contributed by atoms with Crippen molar-refractivity contribution in [1.82, 2.24) is 0 Å². The molecule has 1 amide bonds. The first-order chi connectivity index (χ1) is 11.0. The van der Waals surface area contributed by atoms with Crippen molar-refractivity contribution in [2.45, 2.75) is 32.6 Å². The van der Waals surface area contributed by atoms with E-state index in [2.05, 4.69) is 12.2 Å². The van der Waals surface area contributed by atoms with E-state index in [0.717, 1.165) is 29.0 Å². The first-order valence-corrected chi connectivity index (χ1v) is 7.82. The maximum atomic E-state index is 12.8. The fourth-order valence-corrected chi connectivity index (χ4v) is 2.65. The molecule has 0 radical (unpaired) electrons. The van der Waals surface area contributed by atoms with Crippen molar-refractivity contribution < 1.29 is 14.3 Å². The minimum absolute atomic E-state index is 0.0442. The Morgan fingerprint density at radius 1 is 1.13 bits per heavy atom. The number of fused-ring (bicyclic) bond motifs is 1. The predicted molar refractivity (Wildman–Crippen MR) is 90.0 cm³/mol. The van der Waals surface area contributed by atoms with Crippen LogP contribution in [0.3, 0.4) is 0 Å². The smallest absolute Gasteiger partial charge is 0.234 e. The van der Waals surface area contributed by atoms with Gasteiger partial charge in [-0.25, -0.2) is 0 Å². The van der Waals surface area contributed by atoms with Crippen LogP contribution in [0.1, 0.15) is 31.9 Å². The van der Waals surface area contributed by atoms with Crippen molar-refractivity contribution in [3.8, 4) is 11.5 Å². The molecule has 0 spiro atoms. The number of hydrogen-bond acceptors (Lipinski definition) is 3. The van der Waals surface area contributed by atoms with E-state index >= 15 is 0 Å². The predicted octanol–water partition coefficient (Wildman–Crippen LogP) is 3.89. The van der Waals surface area contributed by atoms with Crippen molar-refractivity contribution in [2.24, 2.45) is 0 Å². The minimum Gasteiger partial charge on any atom is -0.454 e. The van der Waals surface area contributed by atoms with Gasteiger partial charge in [-0.05, 0) is 49.6 Å². The molecule has 0 saturated heterocycles. The summed E-state index contributed by atoms with van der Waals surface area (Å²) in [6.45, 7) is 6.13. The molecule has 0 unspecified atom stereocenters. The van der Waals surface area contributed by atoms with Crippen LogP contribution in [0.2, 0.25) is 0 Å². The van der Waals surface area contributed by atoms with E-state index in [-0.39, 0.29) is 12.7 Å². The average Bonchev–Trinajstić information content (AvgIpc) is 3.02. The Morgan fingerprint density at radius 2 is 1.87 bits per heavy atom. The highest BCUT2D eigenvalue weighted by atomic mass is 16.7. The molecule has 23 heavy (non-hydrogen) atoms. The summed E-state index contributed by atoms with van der Waals surface area (Å²) >= 11 is 0. The number of carbonyl (C=O) groups excluding carboxylic acids is 1. The SMILES string of the molecule is CCc1ccccc1NC(=O)C(C)(C)c1ccc2c(c1)OCO2. The quantitative estimate of drug-likeness (QED) is 0.931. The zero-order valence-corrected chi connectivity index (χ0v) is 13.7. The Morgan fingerprint density at radius 3 is 2.65 bits per heavy atom. The molecule has 0 aromatic heterocycles. The number of hydrogen-bond donors (Lipinski definition) is 1. The van der Waals surface area contributed by atoms with E-state index in [0.29, 0.717) is 5.75 Å². The van der Waals surface area contributed by atoms with E-state index in [1.54, 1.807) is 0 Å². The van der Waals surface area contributed by atoms with Gasteiger partial charge in [-0.3, -0.25) is 4.79 Å². The molecule has 120 valence electrons. The Bertz CT molecular complexity index is 737. The standard InChI is InChI=1S/C19H21NO3/c1-4-13-7-5-6-8-15(13)20-18(21)19(2,3)14-9-10-16-17(11-14)23-12-22-16/h5-11H,4,12H2,1-3H3,(H,20,21). The summed E-state index contributed by atoms with van der Waals surface area (Å²) in [6.07, 6.45) is 0.876. The molecule has 1 aliphatic heterocycles. The Kier molecular flexibility index (Phi) is 3.99. The summed E-state index contributed by atoms with van der Waals surface area (Å²) in [5, 5.41) is 3.06. The number of carbonyl (C=O) groups is 1. The topological polar surface area (TPSA) is 47.6 Å². The molecule has 2 aromatic rings. The third-order valence-electron chi connectivity index (χ3n) is 4.31. The van der Waals surface area contributed by atoms with E-state index in [1.165, 1.54) is 0 Å². The highest BCUT2D eigenvalue weighted by molar-refractivity contribution is 5.99. The molecule has 0 fully saturated rings. The average molecular weight is 311 g/mol. The summed E-state index contributed by atoms with van der Waals surface area (Å²) in [4.78, 5) is 12.8. The molecular formula is C19H21NO3. The Hall–Kier alpha value is -2.49. The molecule has 0 saturated carbocycles. The number of aryl methyl sites for hydroxylation is 1. The van der Waals surface area contributed by atoms with Gasteiger partial charge in [0, 0.05) is 5.69 Å². The molecule has 2 aromatic carbocycles. The van der Waals surface area contributed by atoms with Gasteiger partial charge in [0.25, 0.3) is 0 Å². The molecule has 1 aliphatic rings.